The summed E-state index contributed by atoms with van der Waals surface area (Å²) in [6.07, 6.45) is 2.28. The summed E-state index contributed by atoms with van der Waals surface area (Å²) in [6.45, 7) is 1.75. The first-order chi connectivity index (χ1) is 9.24. The molecule has 98 valence electrons. The molecule has 0 amide bonds. The van der Waals surface area contributed by atoms with Gasteiger partial charge in [-0.2, -0.15) is 0 Å². The summed E-state index contributed by atoms with van der Waals surface area (Å²) in [6, 6.07) is 13.1. The average molecular weight is 276 g/mol. The van der Waals surface area contributed by atoms with E-state index < -0.39 is 0 Å². The summed E-state index contributed by atoms with van der Waals surface area (Å²) < 4.78 is 13.1. The first-order valence-corrected chi connectivity index (χ1v) is 6.88. The van der Waals surface area contributed by atoms with Gasteiger partial charge < -0.3 is 4.90 Å². The summed E-state index contributed by atoms with van der Waals surface area (Å²) in [7, 11) is 0. The van der Waals surface area contributed by atoms with Crippen LogP contribution in [0.25, 0.3) is 0 Å². The van der Waals surface area contributed by atoms with Gasteiger partial charge in [-0.15, -0.1) is 0 Å². The highest BCUT2D eigenvalue weighted by Gasteiger charge is 2.17. The van der Waals surface area contributed by atoms with E-state index >= 15 is 0 Å². The van der Waals surface area contributed by atoms with Gasteiger partial charge in [0.25, 0.3) is 0 Å². The zero-order valence-corrected chi connectivity index (χ0v) is 11.3. The average Bonchev–Trinajstić information content (AvgIpc) is 2.42. The summed E-state index contributed by atoms with van der Waals surface area (Å²) in [5.41, 5.74) is 3.63. The fourth-order valence-corrected chi connectivity index (χ4v) is 2.86. The second-order valence-electron chi connectivity index (χ2n) is 4.89. The van der Waals surface area contributed by atoms with Gasteiger partial charge in [0.1, 0.15) is 5.82 Å². The topological polar surface area (TPSA) is 3.24 Å². The smallest absolute Gasteiger partial charge is 0.124 e. The van der Waals surface area contributed by atoms with Crippen LogP contribution < -0.4 is 4.90 Å². The van der Waals surface area contributed by atoms with E-state index in [0.29, 0.717) is 5.02 Å². The Morgan fingerprint density at radius 3 is 2.84 bits per heavy atom. The lowest BCUT2D eigenvalue weighted by Crippen LogP contribution is -2.28. The van der Waals surface area contributed by atoms with Crippen LogP contribution in [0.3, 0.4) is 0 Å². The van der Waals surface area contributed by atoms with E-state index in [1.54, 1.807) is 6.07 Å². The SMILES string of the molecule is Fc1ccc(CN2CCCc3ccccc32)c(Cl)c1. The highest BCUT2D eigenvalue weighted by Crippen LogP contribution is 2.29. The lowest BCUT2D eigenvalue weighted by atomic mass is 10.0. The van der Waals surface area contributed by atoms with Crippen molar-refractivity contribution in [1.29, 1.82) is 0 Å². The fourth-order valence-electron chi connectivity index (χ4n) is 2.63. The zero-order chi connectivity index (χ0) is 13.2. The van der Waals surface area contributed by atoms with E-state index in [0.717, 1.165) is 31.5 Å². The van der Waals surface area contributed by atoms with Crippen molar-refractivity contribution in [3.8, 4) is 0 Å². The minimum Gasteiger partial charge on any atom is -0.367 e. The minimum atomic E-state index is -0.284. The van der Waals surface area contributed by atoms with Gasteiger partial charge in [0, 0.05) is 23.8 Å². The van der Waals surface area contributed by atoms with E-state index in [9.17, 15) is 4.39 Å². The van der Waals surface area contributed by atoms with Crippen LogP contribution in [0.5, 0.6) is 0 Å². The third-order valence-corrected chi connectivity index (χ3v) is 3.93. The van der Waals surface area contributed by atoms with Gasteiger partial charge in [0.2, 0.25) is 0 Å². The number of anilines is 1. The number of rotatable bonds is 2. The first-order valence-electron chi connectivity index (χ1n) is 6.51. The molecule has 3 rings (SSSR count). The van der Waals surface area contributed by atoms with Crippen molar-refractivity contribution in [1.82, 2.24) is 0 Å². The molecule has 0 saturated carbocycles. The van der Waals surface area contributed by atoms with Crippen LogP contribution in [0, 0.1) is 5.82 Å². The normalized spacial score (nSPS) is 14.3. The number of benzene rings is 2. The highest BCUT2D eigenvalue weighted by atomic mass is 35.5. The molecule has 0 radical (unpaired) electrons. The van der Waals surface area contributed by atoms with Crippen LogP contribution >= 0.6 is 11.6 Å². The molecule has 0 unspecified atom stereocenters. The molecular weight excluding hydrogens is 261 g/mol. The first kappa shape index (κ1) is 12.5. The lowest BCUT2D eigenvalue weighted by Gasteiger charge is -2.31. The molecule has 19 heavy (non-hydrogen) atoms. The van der Waals surface area contributed by atoms with E-state index in [4.69, 9.17) is 11.6 Å². The Bertz CT molecular complexity index is 597. The van der Waals surface area contributed by atoms with E-state index in [-0.39, 0.29) is 5.82 Å². The van der Waals surface area contributed by atoms with Crippen LogP contribution in [0.15, 0.2) is 42.5 Å². The van der Waals surface area contributed by atoms with Crippen LogP contribution in [0.1, 0.15) is 17.5 Å². The molecule has 3 heteroatoms. The maximum absolute atomic E-state index is 13.1. The predicted molar refractivity (Wildman–Crippen MR) is 77.2 cm³/mol. The number of hydrogen-bond donors (Lipinski definition) is 0. The van der Waals surface area contributed by atoms with Crippen molar-refractivity contribution in [2.75, 3.05) is 11.4 Å². The van der Waals surface area contributed by atoms with Gasteiger partial charge >= 0.3 is 0 Å². The van der Waals surface area contributed by atoms with Crippen molar-refractivity contribution in [3.05, 3.63) is 64.4 Å². The molecular formula is C16H15ClFN. The molecule has 0 spiro atoms. The highest BCUT2D eigenvalue weighted by molar-refractivity contribution is 6.31. The summed E-state index contributed by atoms with van der Waals surface area (Å²) in [4.78, 5) is 2.32. The van der Waals surface area contributed by atoms with E-state index in [2.05, 4.69) is 29.2 Å². The van der Waals surface area contributed by atoms with Crippen molar-refractivity contribution >= 4 is 17.3 Å². The summed E-state index contributed by atoms with van der Waals surface area (Å²) >= 11 is 6.11. The maximum Gasteiger partial charge on any atom is 0.124 e. The second kappa shape index (κ2) is 5.22. The molecule has 0 aliphatic carbocycles. The molecule has 1 heterocycles. The lowest BCUT2D eigenvalue weighted by molar-refractivity contribution is 0.626. The Morgan fingerprint density at radius 1 is 1.16 bits per heavy atom. The molecule has 2 aromatic rings. The van der Waals surface area contributed by atoms with Gasteiger partial charge in [-0.05, 0) is 42.2 Å². The predicted octanol–water partition coefficient (Wildman–Crippen LogP) is 4.43. The zero-order valence-electron chi connectivity index (χ0n) is 10.6. The monoisotopic (exact) mass is 275 g/mol. The second-order valence-corrected chi connectivity index (χ2v) is 5.30. The minimum absolute atomic E-state index is 0.284. The molecule has 2 aromatic carbocycles. The molecule has 0 fully saturated rings. The van der Waals surface area contributed by atoms with Gasteiger partial charge in [-0.25, -0.2) is 4.39 Å². The molecule has 0 N–H and O–H groups in total. The number of fused-ring (bicyclic) bond motifs is 1. The number of nitrogens with zero attached hydrogens (tertiary/aromatic N) is 1. The van der Waals surface area contributed by atoms with Gasteiger partial charge in [0.05, 0.1) is 0 Å². The Hall–Kier alpha value is -1.54. The quantitative estimate of drug-likeness (QED) is 0.784. The Balaban J connectivity index is 1.88. The largest absolute Gasteiger partial charge is 0.367 e. The van der Waals surface area contributed by atoms with Crippen LogP contribution in [-0.2, 0) is 13.0 Å². The van der Waals surface area contributed by atoms with Gasteiger partial charge in [-0.1, -0.05) is 35.9 Å². The molecule has 1 aliphatic heterocycles. The van der Waals surface area contributed by atoms with Crippen molar-refractivity contribution in [3.63, 3.8) is 0 Å². The van der Waals surface area contributed by atoms with E-state index in [1.807, 2.05) is 0 Å². The molecule has 0 saturated heterocycles. The summed E-state index contributed by atoms with van der Waals surface area (Å²) in [5, 5.41) is 0.503. The van der Waals surface area contributed by atoms with Gasteiger partial charge in [-0.3, -0.25) is 0 Å². The Labute approximate surface area is 117 Å². The van der Waals surface area contributed by atoms with Crippen LogP contribution in [0.2, 0.25) is 5.02 Å². The van der Waals surface area contributed by atoms with Gasteiger partial charge in [0.15, 0.2) is 0 Å². The number of aryl methyl sites for hydroxylation is 1. The van der Waals surface area contributed by atoms with E-state index in [1.165, 1.54) is 23.4 Å². The maximum atomic E-state index is 13.1. The van der Waals surface area contributed by atoms with Crippen molar-refractivity contribution in [2.45, 2.75) is 19.4 Å². The molecule has 0 aromatic heterocycles. The Morgan fingerprint density at radius 2 is 2.00 bits per heavy atom. The standard InChI is InChI=1S/C16H15ClFN/c17-15-10-14(18)8-7-13(15)11-19-9-3-5-12-4-1-2-6-16(12)19/h1-2,4,6-8,10H,3,5,9,11H2. The summed E-state index contributed by atoms with van der Waals surface area (Å²) in [5.74, 6) is -0.284. The van der Waals surface area contributed by atoms with Crippen molar-refractivity contribution in [2.24, 2.45) is 0 Å². The number of hydrogen-bond acceptors (Lipinski definition) is 1. The molecule has 0 atom stereocenters. The number of halogens is 2. The number of para-hydroxylation sites is 1. The van der Waals surface area contributed by atoms with Crippen LogP contribution in [0.4, 0.5) is 10.1 Å². The molecule has 0 bridgehead atoms. The Kier molecular flexibility index (Phi) is 3.43. The third-order valence-electron chi connectivity index (χ3n) is 3.58. The third kappa shape index (κ3) is 2.59. The fraction of sp³-hybridized carbons (Fsp3) is 0.250. The molecule has 1 nitrogen and oxygen atoms in total. The van der Waals surface area contributed by atoms with Crippen LogP contribution in [-0.4, -0.2) is 6.54 Å². The molecule has 1 aliphatic rings. The van der Waals surface area contributed by atoms with Crippen molar-refractivity contribution < 1.29 is 4.39 Å².